The van der Waals surface area contributed by atoms with Crippen LogP contribution in [-0.2, 0) is 11.0 Å². The molecule has 22 heavy (non-hydrogen) atoms. The Morgan fingerprint density at radius 2 is 1.95 bits per heavy atom. The number of allylic oxidation sites excluding steroid dienone is 4. The first-order valence-electron chi connectivity index (χ1n) is 5.90. The Balaban J connectivity index is 3.73. The molecule has 0 aliphatic carbocycles. The molecule has 0 atom stereocenters. The fraction of sp³-hybridized carbons (Fsp3) is 0.133. The van der Waals surface area contributed by atoms with Crippen molar-refractivity contribution in [2.45, 2.75) is 13.1 Å². The maximum absolute atomic E-state index is 13.3. The Morgan fingerprint density at radius 3 is 2.36 bits per heavy atom. The number of alkyl halides is 3. The van der Waals surface area contributed by atoms with E-state index in [0.29, 0.717) is 6.07 Å². The molecule has 2 nitrogen and oxygen atoms in total. The summed E-state index contributed by atoms with van der Waals surface area (Å²) in [6, 6.07) is 2.72. The highest BCUT2D eigenvalue weighted by molar-refractivity contribution is 6.31. The van der Waals surface area contributed by atoms with Gasteiger partial charge in [0.05, 0.1) is 16.2 Å². The van der Waals surface area contributed by atoms with E-state index in [9.17, 15) is 27.5 Å². The Labute approximate surface area is 129 Å². The summed E-state index contributed by atoms with van der Waals surface area (Å²) in [6.07, 6.45) is -3.55. The number of hydrogen-bond donors (Lipinski definition) is 1. The van der Waals surface area contributed by atoms with Gasteiger partial charge in [-0.3, -0.25) is 4.79 Å². The highest BCUT2D eigenvalue weighted by Gasteiger charge is 2.34. The van der Waals surface area contributed by atoms with Crippen molar-refractivity contribution in [2.75, 3.05) is 0 Å². The molecule has 1 N–H and O–H groups in total. The molecule has 0 amide bonds. The fourth-order valence-electron chi connectivity index (χ4n) is 1.74. The average Bonchev–Trinajstić information content (AvgIpc) is 2.43. The van der Waals surface area contributed by atoms with Gasteiger partial charge >= 0.3 is 6.18 Å². The van der Waals surface area contributed by atoms with Crippen molar-refractivity contribution in [1.82, 2.24) is 0 Å². The van der Waals surface area contributed by atoms with Gasteiger partial charge in [-0.25, -0.2) is 4.39 Å². The summed E-state index contributed by atoms with van der Waals surface area (Å²) in [5.74, 6) is -1.74. The highest BCUT2D eigenvalue weighted by atomic mass is 35.5. The van der Waals surface area contributed by atoms with Crippen molar-refractivity contribution in [3.63, 3.8) is 0 Å². The lowest BCUT2D eigenvalue weighted by Crippen LogP contribution is -2.07. The van der Waals surface area contributed by atoms with Gasteiger partial charge in [-0.05, 0) is 30.7 Å². The molecule has 7 heteroatoms. The second-order valence-corrected chi connectivity index (χ2v) is 4.58. The Kier molecular flexibility index (Phi) is 5.54. The largest absolute Gasteiger partial charge is 0.508 e. The molecule has 1 aromatic rings. The number of rotatable bonds is 4. The average molecular weight is 335 g/mol. The quantitative estimate of drug-likeness (QED) is 0.268. The summed E-state index contributed by atoms with van der Waals surface area (Å²) in [5, 5.41) is 9.25. The van der Waals surface area contributed by atoms with Gasteiger partial charge in [0.1, 0.15) is 11.6 Å². The van der Waals surface area contributed by atoms with E-state index >= 15 is 0 Å². The molecular weight excluding hydrogens is 324 g/mol. The van der Waals surface area contributed by atoms with Crippen molar-refractivity contribution in [3.8, 4) is 0 Å². The number of hydrogen-bond acceptors (Lipinski definition) is 2. The number of benzene rings is 1. The number of halogens is 5. The number of aliphatic hydroxyl groups excluding tert-OH is 1. The van der Waals surface area contributed by atoms with Crippen LogP contribution < -0.4 is 0 Å². The number of aliphatic hydroxyl groups is 1. The Morgan fingerprint density at radius 1 is 1.36 bits per heavy atom. The van der Waals surface area contributed by atoms with Crippen LogP contribution in [0, 0.1) is 0 Å². The summed E-state index contributed by atoms with van der Waals surface area (Å²) in [7, 11) is 0. The minimum atomic E-state index is -4.74. The van der Waals surface area contributed by atoms with Gasteiger partial charge in [0, 0.05) is 5.57 Å². The molecule has 0 heterocycles. The molecule has 0 spiro atoms. The Hall–Kier alpha value is -2.08. The normalized spacial score (nSPS) is 13.6. The Bertz CT molecular complexity index is 673. The number of carbonyl (C=O) groups excluding carboxylic acids is 1. The van der Waals surface area contributed by atoms with E-state index in [1.807, 2.05) is 0 Å². The third-order valence-electron chi connectivity index (χ3n) is 2.77. The molecule has 0 saturated heterocycles. The zero-order chi connectivity index (χ0) is 17.1. The SMILES string of the molecule is C=C(F)/C(C=O)=C(\C(O)=C/C)c1ccc(Cl)c(C(F)(F)F)c1. The second kappa shape index (κ2) is 6.79. The summed E-state index contributed by atoms with van der Waals surface area (Å²) < 4.78 is 52.0. The standard InChI is InChI=1S/C15H11ClF4O2/c1-3-13(22)14(10(7-21)8(2)17)9-4-5-12(16)11(6-9)15(18,19)20/h3-7,22H,2H2,1H3/b13-3+,14-10-. The monoisotopic (exact) mass is 334 g/mol. The summed E-state index contributed by atoms with van der Waals surface area (Å²) in [5.41, 5.74) is -2.42. The van der Waals surface area contributed by atoms with E-state index < -0.39 is 39.5 Å². The minimum Gasteiger partial charge on any atom is -0.508 e. The molecule has 1 rings (SSSR count). The molecule has 1 aromatic carbocycles. The molecule has 0 unspecified atom stereocenters. The molecule has 0 bridgehead atoms. The lowest BCUT2D eigenvalue weighted by Gasteiger charge is -2.14. The molecule has 0 aliphatic rings. The van der Waals surface area contributed by atoms with Gasteiger partial charge in [0.2, 0.25) is 0 Å². The van der Waals surface area contributed by atoms with E-state index in [4.69, 9.17) is 11.6 Å². The maximum Gasteiger partial charge on any atom is 0.417 e. The zero-order valence-corrected chi connectivity index (χ0v) is 12.1. The topological polar surface area (TPSA) is 37.3 Å². The van der Waals surface area contributed by atoms with Crippen LogP contribution in [0.2, 0.25) is 5.02 Å². The lowest BCUT2D eigenvalue weighted by molar-refractivity contribution is -0.137. The van der Waals surface area contributed by atoms with Crippen LogP contribution in [0.5, 0.6) is 0 Å². The van der Waals surface area contributed by atoms with Crippen LogP contribution in [0.1, 0.15) is 18.1 Å². The van der Waals surface area contributed by atoms with Crippen LogP contribution in [0.4, 0.5) is 17.6 Å². The number of carbonyl (C=O) groups is 1. The van der Waals surface area contributed by atoms with Gasteiger partial charge in [-0.15, -0.1) is 0 Å². The summed E-state index contributed by atoms with van der Waals surface area (Å²) >= 11 is 5.50. The van der Waals surface area contributed by atoms with Gasteiger partial charge in [-0.1, -0.05) is 24.2 Å². The van der Waals surface area contributed by atoms with Gasteiger partial charge in [0.25, 0.3) is 0 Å². The molecular formula is C15H11ClF4O2. The first-order valence-corrected chi connectivity index (χ1v) is 6.28. The predicted molar refractivity (Wildman–Crippen MR) is 76.1 cm³/mol. The van der Waals surface area contributed by atoms with Crippen molar-refractivity contribution in [3.05, 3.63) is 64.2 Å². The van der Waals surface area contributed by atoms with Crippen molar-refractivity contribution >= 4 is 23.5 Å². The van der Waals surface area contributed by atoms with Crippen LogP contribution in [0.15, 0.2) is 48.0 Å². The lowest BCUT2D eigenvalue weighted by atomic mass is 9.96. The maximum atomic E-state index is 13.3. The van der Waals surface area contributed by atoms with Crippen molar-refractivity contribution in [2.24, 2.45) is 0 Å². The first kappa shape index (κ1) is 18.0. The molecule has 0 saturated carbocycles. The first-order chi connectivity index (χ1) is 10.1. The third kappa shape index (κ3) is 3.76. The third-order valence-corrected chi connectivity index (χ3v) is 3.10. The molecule has 0 aliphatic heterocycles. The molecule has 0 aromatic heterocycles. The van der Waals surface area contributed by atoms with Crippen molar-refractivity contribution in [1.29, 1.82) is 0 Å². The van der Waals surface area contributed by atoms with Crippen LogP contribution in [0.3, 0.4) is 0 Å². The number of aldehydes is 1. The van der Waals surface area contributed by atoms with Crippen LogP contribution in [0.25, 0.3) is 5.57 Å². The van der Waals surface area contributed by atoms with Gasteiger partial charge < -0.3 is 5.11 Å². The van der Waals surface area contributed by atoms with E-state index in [1.165, 1.54) is 6.92 Å². The smallest absolute Gasteiger partial charge is 0.417 e. The highest BCUT2D eigenvalue weighted by Crippen LogP contribution is 2.38. The van der Waals surface area contributed by atoms with Crippen LogP contribution in [-0.4, -0.2) is 11.4 Å². The minimum absolute atomic E-state index is 0.0687. The van der Waals surface area contributed by atoms with E-state index in [0.717, 1.165) is 18.2 Å². The van der Waals surface area contributed by atoms with Crippen LogP contribution >= 0.6 is 11.6 Å². The van der Waals surface area contributed by atoms with E-state index in [-0.39, 0.29) is 11.8 Å². The fourth-order valence-corrected chi connectivity index (χ4v) is 1.97. The van der Waals surface area contributed by atoms with Crippen molar-refractivity contribution < 1.29 is 27.5 Å². The van der Waals surface area contributed by atoms with Gasteiger partial charge in [-0.2, -0.15) is 13.2 Å². The summed E-state index contributed by atoms with van der Waals surface area (Å²) in [6.45, 7) is 4.31. The molecule has 0 fully saturated rings. The zero-order valence-electron chi connectivity index (χ0n) is 11.3. The van der Waals surface area contributed by atoms with E-state index in [1.54, 1.807) is 0 Å². The van der Waals surface area contributed by atoms with Gasteiger partial charge in [0.15, 0.2) is 6.29 Å². The van der Waals surface area contributed by atoms with E-state index in [2.05, 4.69) is 6.58 Å². The second-order valence-electron chi connectivity index (χ2n) is 4.18. The molecule has 0 radical (unpaired) electrons. The molecule has 118 valence electrons. The predicted octanol–water partition coefficient (Wildman–Crippen LogP) is 5.26. The summed E-state index contributed by atoms with van der Waals surface area (Å²) in [4.78, 5) is 11.0.